The van der Waals surface area contributed by atoms with E-state index in [-0.39, 0.29) is 25.3 Å². The number of carbonyl (C=O) groups is 2. The summed E-state index contributed by atoms with van der Waals surface area (Å²) in [5, 5.41) is 2.65. The maximum absolute atomic E-state index is 13.0. The van der Waals surface area contributed by atoms with Gasteiger partial charge in [-0.3, -0.25) is 9.59 Å². The lowest BCUT2D eigenvalue weighted by atomic mass is 10.2. The quantitative estimate of drug-likeness (QED) is 0.627. The number of carbonyl (C=O) groups excluding carboxylic acids is 2. The largest absolute Gasteiger partial charge is 0.456 e. The summed E-state index contributed by atoms with van der Waals surface area (Å²) in [4.78, 5) is 27.7. The van der Waals surface area contributed by atoms with Crippen molar-refractivity contribution in [1.29, 1.82) is 0 Å². The van der Waals surface area contributed by atoms with Crippen molar-refractivity contribution in [3.8, 4) is 11.3 Å². The summed E-state index contributed by atoms with van der Waals surface area (Å²) in [6, 6.07) is 13.1. The number of hydrogen-bond donors (Lipinski definition) is 1. The predicted octanol–water partition coefficient (Wildman–Crippen LogP) is 3.90. The smallest absolute Gasteiger partial charge is 0.306 e. The van der Waals surface area contributed by atoms with Gasteiger partial charge in [-0.15, -0.1) is 0 Å². The van der Waals surface area contributed by atoms with Gasteiger partial charge < -0.3 is 14.5 Å². The first-order valence-corrected chi connectivity index (χ1v) is 8.72. The zero-order valence-corrected chi connectivity index (χ0v) is 15.3. The number of hydrogen-bond acceptors (Lipinski definition) is 5. The fourth-order valence-corrected chi connectivity index (χ4v) is 2.43. The summed E-state index contributed by atoms with van der Waals surface area (Å²) in [5.74, 6) is -0.425. The van der Waals surface area contributed by atoms with Crippen LogP contribution in [0.4, 0.5) is 10.1 Å². The van der Waals surface area contributed by atoms with Gasteiger partial charge in [0.15, 0.2) is 18.3 Å². The molecule has 0 radical (unpaired) electrons. The summed E-state index contributed by atoms with van der Waals surface area (Å²) in [5.41, 5.74) is 2.41. The van der Waals surface area contributed by atoms with E-state index in [1.165, 1.54) is 18.3 Å². The molecule has 7 heteroatoms. The molecule has 6 nitrogen and oxygen atoms in total. The average Bonchev–Trinajstić information content (AvgIpc) is 3.16. The third-order valence-corrected chi connectivity index (χ3v) is 3.92. The van der Waals surface area contributed by atoms with Crippen LogP contribution in [-0.2, 0) is 20.7 Å². The topological polar surface area (TPSA) is 81.4 Å². The van der Waals surface area contributed by atoms with Crippen LogP contribution in [0.25, 0.3) is 11.3 Å². The minimum absolute atomic E-state index is 0.0290. The Bertz CT molecular complexity index is 949. The fraction of sp³-hybridized carbons (Fsp3) is 0.190. The Morgan fingerprint density at radius 1 is 1.11 bits per heavy atom. The Kier molecular flexibility index (Phi) is 6.16. The number of nitrogens with one attached hydrogen (secondary N) is 1. The van der Waals surface area contributed by atoms with Crippen LogP contribution in [0.5, 0.6) is 0 Å². The van der Waals surface area contributed by atoms with Crippen molar-refractivity contribution in [2.24, 2.45) is 0 Å². The van der Waals surface area contributed by atoms with Crippen LogP contribution in [0, 0.1) is 12.7 Å². The van der Waals surface area contributed by atoms with E-state index in [4.69, 9.17) is 9.15 Å². The number of esters is 1. The molecule has 2 aromatic carbocycles. The van der Waals surface area contributed by atoms with Crippen molar-refractivity contribution in [2.75, 3.05) is 11.9 Å². The number of nitrogens with zero attached hydrogens (tertiary/aromatic N) is 1. The van der Waals surface area contributed by atoms with Crippen LogP contribution in [0.3, 0.4) is 0 Å². The molecule has 1 amide bonds. The van der Waals surface area contributed by atoms with Gasteiger partial charge in [0, 0.05) is 17.7 Å². The van der Waals surface area contributed by atoms with Gasteiger partial charge in [0.2, 0.25) is 0 Å². The van der Waals surface area contributed by atoms with Gasteiger partial charge >= 0.3 is 5.97 Å². The number of benzene rings is 2. The third kappa shape index (κ3) is 5.51. The molecular weight excluding hydrogens is 363 g/mol. The van der Waals surface area contributed by atoms with E-state index < -0.39 is 11.9 Å². The molecule has 1 N–H and O–H groups in total. The van der Waals surface area contributed by atoms with E-state index >= 15 is 0 Å². The van der Waals surface area contributed by atoms with Gasteiger partial charge in [-0.25, -0.2) is 9.37 Å². The fourth-order valence-electron chi connectivity index (χ4n) is 2.43. The zero-order valence-electron chi connectivity index (χ0n) is 15.3. The number of anilines is 1. The molecule has 3 aromatic rings. The highest BCUT2D eigenvalue weighted by atomic mass is 19.1. The summed E-state index contributed by atoms with van der Waals surface area (Å²) in [6.45, 7) is 1.59. The summed E-state index contributed by atoms with van der Waals surface area (Å²) in [7, 11) is 0. The normalized spacial score (nSPS) is 10.5. The van der Waals surface area contributed by atoms with Crippen molar-refractivity contribution in [1.82, 2.24) is 4.98 Å². The molecule has 0 atom stereocenters. The van der Waals surface area contributed by atoms with Gasteiger partial charge in [-0.2, -0.15) is 0 Å². The SMILES string of the molecule is Cc1ccc(NC(=O)COC(=O)CCc2ncc(-c3ccc(F)cc3)o2)cc1. The highest BCUT2D eigenvalue weighted by Crippen LogP contribution is 2.21. The van der Waals surface area contributed by atoms with E-state index in [2.05, 4.69) is 10.3 Å². The number of aryl methyl sites for hydroxylation is 2. The number of halogens is 1. The van der Waals surface area contributed by atoms with Crippen LogP contribution in [-0.4, -0.2) is 23.5 Å². The van der Waals surface area contributed by atoms with Gasteiger partial charge in [0.25, 0.3) is 5.91 Å². The first-order chi connectivity index (χ1) is 13.5. The molecule has 0 aliphatic heterocycles. The van der Waals surface area contributed by atoms with Crippen LogP contribution in [0.15, 0.2) is 59.1 Å². The Labute approximate surface area is 161 Å². The lowest BCUT2D eigenvalue weighted by Gasteiger charge is -2.06. The lowest BCUT2D eigenvalue weighted by molar-refractivity contribution is -0.147. The van der Waals surface area contributed by atoms with Crippen LogP contribution < -0.4 is 5.32 Å². The highest BCUT2D eigenvalue weighted by Gasteiger charge is 2.12. The van der Waals surface area contributed by atoms with E-state index in [9.17, 15) is 14.0 Å². The van der Waals surface area contributed by atoms with Crippen molar-refractivity contribution in [2.45, 2.75) is 19.8 Å². The minimum Gasteiger partial charge on any atom is -0.456 e. The zero-order chi connectivity index (χ0) is 19.9. The van der Waals surface area contributed by atoms with E-state index in [1.807, 2.05) is 19.1 Å². The maximum atomic E-state index is 13.0. The molecule has 144 valence electrons. The summed E-state index contributed by atoms with van der Waals surface area (Å²) < 4.78 is 23.5. The van der Waals surface area contributed by atoms with Gasteiger partial charge in [-0.1, -0.05) is 17.7 Å². The average molecular weight is 382 g/mol. The molecule has 0 bridgehead atoms. The Balaban J connectivity index is 1.42. The molecule has 0 fully saturated rings. The van der Waals surface area contributed by atoms with Gasteiger partial charge in [-0.05, 0) is 43.3 Å². The molecule has 0 aliphatic rings. The summed E-state index contributed by atoms with van der Waals surface area (Å²) >= 11 is 0. The minimum atomic E-state index is -0.527. The second kappa shape index (κ2) is 8.94. The van der Waals surface area contributed by atoms with Gasteiger partial charge in [0.05, 0.1) is 12.6 Å². The first kappa shape index (κ1) is 19.3. The monoisotopic (exact) mass is 382 g/mol. The molecule has 1 aromatic heterocycles. The van der Waals surface area contributed by atoms with E-state index in [0.717, 1.165) is 5.56 Å². The van der Waals surface area contributed by atoms with Crippen molar-refractivity contribution >= 4 is 17.6 Å². The number of aromatic nitrogens is 1. The van der Waals surface area contributed by atoms with Gasteiger partial charge in [0.1, 0.15) is 5.82 Å². The number of oxazole rings is 1. The Hall–Kier alpha value is -3.48. The predicted molar refractivity (Wildman–Crippen MR) is 101 cm³/mol. The molecule has 3 rings (SSSR count). The number of ether oxygens (including phenoxy) is 1. The molecule has 0 spiro atoms. The molecule has 0 aliphatic carbocycles. The second-order valence-electron chi connectivity index (χ2n) is 6.20. The van der Waals surface area contributed by atoms with Crippen LogP contribution in [0.1, 0.15) is 17.9 Å². The van der Waals surface area contributed by atoms with Crippen molar-refractivity contribution in [3.63, 3.8) is 0 Å². The van der Waals surface area contributed by atoms with E-state index in [1.54, 1.807) is 24.3 Å². The Morgan fingerprint density at radius 2 is 1.82 bits per heavy atom. The first-order valence-electron chi connectivity index (χ1n) is 8.72. The van der Waals surface area contributed by atoms with Crippen LogP contribution in [0.2, 0.25) is 0 Å². The Morgan fingerprint density at radius 3 is 2.54 bits per heavy atom. The standard InChI is InChI=1S/C21H19FN2O4/c1-14-2-8-17(9-3-14)24-19(25)13-27-21(26)11-10-20-23-12-18(28-20)15-4-6-16(22)7-5-15/h2-9,12H,10-11,13H2,1H3,(H,24,25). The molecular formula is C21H19FN2O4. The third-order valence-electron chi connectivity index (χ3n) is 3.92. The van der Waals surface area contributed by atoms with Crippen molar-refractivity contribution in [3.05, 3.63) is 72.0 Å². The lowest BCUT2D eigenvalue weighted by Crippen LogP contribution is -2.21. The molecule has 1 heterocycles. The summed E-state index contributed by atoms with van der Waals surface area (Å²) in [6.07, 6.45) is 1.78. The van der Waals surface area contributed by atoms with Crippen LogP contribution >= 0.6 is 0 Å². The maximum Gasteiger partial charge on any atom is 0.306 e. The molecule has 0 unspecified atom stereocenters. The number of rotatable bonds is 7. The number of amides is 1. The molecule has 0 saturated carbocycles. The molecule has 0 saturated heterocycles. The molecule has 28 heavy (non-hydrogen) atoms. The second-order valence-corrected chi connectivity index (χ2v) is 6.20. The highest BCUT2D eigenvalue weighted by molar-refractivity contribution is 5.92. The van der Waals surface area contributed by atoms with Crippen molar-refractivity contribution < 1.29 is 23.1 Å². The van der Waals surface area contributed by atoms with E-state index in [0.29, 0.717) is 22.9 Å².